The summed E-state index contributed by atoms with van der Waals surface area (Å²) in [6, 6.07) is 9.55. The largest absolute Gasteiger partial charge is 0.481 e. The number of nitrogens with zero attached hydrogens (tertiary/aromatic N) is 2. The topological polar surface area (TPSA) is 63.7 Å². The second kappa shape index (κ2) is 8.96. The zero-order valence-electron chi connectivity index (χ0n) is 15.5. The van der Waals surface area contributed by atoms with Gasteiger partial charge in [-0.2, -0.15) is 0 Å². The number of fused-ring (bicyclic) bond motifs is 1. The molecule has 2 aromatic rings. The maximum absolute atomic E-state index is 12.8. The van der Waals surface area contributed by atoms with E-state index in [2.05, 4.69) is 22.1 Å². The van der Waals surface area contributed by atoms with Crippen LogP contribution in [0, 0.1) is 0 Å². The first-order valence-electron chi connectivity index (χ1n) is 9.25. The first kappa shape index (κ1) is 18.6. The number of carbonyl (C=O) groups is 1. The van der Waals surface area contributed by atoms with Crippen LogP contribution in [0.1, 0.15) is 25.3 Å². The van der Waals surface area contributed by atoms with Crippen molar-refractivity contribution in [3.8, 4) is 5.88 Å². The average Bonchev–Trinajstić information content (AvgIpc) is 2.70. The van der Waals surface area contributed by atoms with Gasteiger partial charge in [-0.1, -0.05) is 31.5 Å². The Balaban J connectivity index is 1.71. The Morgan fingerprint density at radius 1 is 1.42 bits per heavy atom. The fourth-order valence-electron chi connectivity index (χ4n) is 3.28. The number of rotatable bonds is 7. The molecule has 0 saturated carbocycles. The Morgan fingerprint density at radius 2 is 2.27 bits per heavy atom. The van der Waals surface area contributed by atoms with Crippen molar-refractivity contribution in [1.29, 1.82) is 0 Å². The lowest BCUT2D eigenvalue weighted by Gasteiger charge is -2.34. The second-order valence-electron chi connectivity index (χ2n) is 6.54. The third-order valence-corrected chi connectivity index (χ3v) is 4.78. The highest BCUT2D eigenvalue weighted by molar-refractivity contribution is 5.85. The number of morpholine rings is 1. The molecule has 2 heterocycles. The monoisotopic (exact) mass is 357 g/mol. The van der Waals surface area contributed by atoms with Crippen molar-refractivity contribution < 1.29 is 14.3 Å². The third-order valence-electron chi connectivity index (χ3n) is 4.78. The minimum atomic E-state index is -0.217. The van der Waals surface area contributed by atoms with E-state index in [0.717, 1.165) is 42.4 Å². The van der Waals surface area contributed by atoms with Gasteiger partial charge in [-0.05, 0) is 24.6 Å². The van der Waals surface area contributed by atoms with Crippen molar-refractivity contribution >= 4 is 16.8 Å². The van der Waals surface area contributed by atoms with Crippen molar-refractivity contribution in [1.82, 2.24) is 15.2 Å². The molecule has 1 aromatic heterocycles. The molecule has 6 nitrogen and oxygen atoms in total. The number of pyridine rings is 1. The zero-order valence-corrected chi connectivity index (χ0v) is 15.5. The summed E-state index contributed by atoms with van der Waals surface area (Å²) < 4.78 is 10.8. The molecule has 0 radical (unpaired) electrons. The molecular formula is C20H27N3O3. The van der Waals surface area contributed by atoms with Crippen LogP contribution in [0.25, 0.3) is 10.9 Å². The first-order valence-corrected chi connectivity index (χ1v) is 9.25. The Labute approximate surface area is 154 Å². The van der Waals surface area contributed by atoms with Crippen molar-refractivity contribution in [2.75, 3.05) is 33.4 Å². The van der Waals surface area contributed by atoms with Gasteiger partial charge in [0.05, 0.1) is 25.8 Å². The summed E-state index contributed by atoms with van der Waals surface area (Å²) in [7, 11) is 1.60. The van der Waals surface area contributed by atoms with Crippen LogP contribution < -0.4 is 10.1 Å². The van der Waals surface area contributed by atoms with Crippen LogP contribution in [-0.2, 0) is 16.1 Å². The van der Waals surface area contributed by atoms with Crippen molar-refractivity contribution in [3.05, 3.63) is 35.9 Å². The highest BCUT2D eigenvalue weighted by atomic mass is 16.5. The van der Waals surface area contributed by atoms with E-state index < -0.39 is 0 Å². The molecule has 1 aliphatic heterocycles. The smallest absolute Gasteiger partial charge is 0.240 e. The van der Waals surface area contributed by atoms with Crippen molar-refractivity contribution in [2.45, 2.75) is 32.4 Å². The number of para-hydroxylation sites is 1. The summed E-state index contributed by atoms with van der Waals surface area (Å²) >= 11 is 0. The Bertz CT molecular complexity index is 750. The van der Waals surface area contributed by atoms with Crippen LogP contribution >= 0.6 is 0 Å². The third kappa shape index (κ3) is 4.31. The maximum Gasteiger partial charge on any atom is 0.240 e. The summed E-state index contributed by atoms with van der Waals surface area (Å²) in [5.74, 6) is 0.569. The van der Waals surface area contributed by atoms with Gasteiger partial charge in [-0.15, -0.1) is 0 Å². The van der Waals surface area contributed by atoms with Gasteiger partial charge in [0.2, 0.25) is 11.8 Å². The molecule has 0 bridgehead atoms. The van der Waals surface area contributed by atoms with Crippen LogP contribution in [-0.4, -0.2) is 55.2 Å². The second-order valence-corrected chi connectivity index (χ2v) is 6.54. The molecule has 6 heteroatoms. The van der Waals surface area contributed by atoms with E-state index in [9.17, 15) is 4.79 Å². The number of hydrogen-bond acceptors (Lipinski definition) is 5. The Kier molecular flexibility index (Phi) is 6.41. The van der Waals surface area contributed by atoms with Gasteiger partial charge < -0.3 is 14.8 Å². The van der Waals surface area contributed by atoms with E-state index in [1.165, 1.54) is 0 Å². The molecular weight excluding hydrogens is 330 g/mol. The summed E-state index contributed by atoms with van der Waals surface area (Å²) in [5, 5.41) is 4.10. The van der Waals surface area contributed by atoms with Crippen LogP contribution in [0.4, 0.5) is 0 Å². The van der Waals surface area contributed by atoms with Crippen LogP contribution in [0.3, 0.4) is 0 Å². The molecule has 1 amide bonds. The van der Waals surface area contributed by atoms with E-state index in [1.54, 1.807) is 7.11 Å². The number of benzene rings is 1. The SMILES string of the molecule is CCCCN1CCOCC1C(=O)NCc1cc(OC)nc2ccccc12. The molecule has 1 N–H and O–H groups in total. The molecule has 1 aliphatic rings. The highest BCUT2D eigenvalue weighted by Gasteiger charge is 2.28. The quantitative estimate of drug-likeness (QED) is 0.824. The summed E-state index contributed by atoms with van der Waals surface area (Å²) in [4.78, 5) is 19.4. The van der Waals surface area contributed by atoms with Gasteiger partial charge in [-0.3, -0.25) is 9.69 Å². The molecule has 3 rings (SSSR count). The summed E-state index contributed by atoms with van der Waals surface area (Å²) in [6.07, 6.45) is 2.21. The lowest BCUT2D eigenvalue weighted by Crippen LogP contribution is -2.53. The average molecular weight is 357 g/mol. The molecule has 0 spiro atoms. The molecule has 140 valence electrons. The minimum absolute atomic E-state index is 0.0145. The number of unbranched alkanes of at least 4 members (excludes halogenated alkanes) is 1. The molecule has 1 fully saturated rings. The van der Waals surface area contributed by atoms with Crippen LogP contribution in [0.2, 0.25) is 0 Å². The van der Waals surface area contributed by atoms with Gasteiger partial charge in [0, 0.05) is 24.5 Å². The lowest BCUT2D eigenvalue weighted by molar-refractivity contribution is -0.132. The van der Waals surface area contributed by atoms with Crippen molar-refractivity contribution in [2.24, 2.45) is 0 Å². The number of aromatic nitrogens is 1. The lowest BCUT2D eigenvalue weighted by atomic mass is 10.1. The van der Waals surface area contributed by atoms with E-state index in [4.69, 9.17) is 9.47 Å². The number of hydrogen-bond donors (Lipinski definition) is 1. The standard InChI is InChI=1S/C20H27N3O3/c1-3-4-9-23-10-11-26-14-18(23)20(24)21-13-15-12-19(25-2)22-17-8-6-5-7-16(15)17/h5-8,12,18H,3-4,9-11,13-14H2,1-2H3,(H,21,24). The van der Waals surface area contributed by atoms with Crippen molar-refractivity contribution in [3.63, 3.8) is 0 Å². The van der Waals surface area contributed by atoms with Gasteiger partial charge in [0.1, 0.15) is 6.04 Å². The fraction of sp³-hybridized carbons (Fsp3) is 0.500. The van der Waals surface area contributed by atoms with E-state index in [-0.39, 0.29) is 11.9 Å². The first-order chi connectivity index (χ1) is 12.7. The zero-order chi connectivity index (χ0) is 18.4. The molecule has 1 unspecified atom stereocenters. The van der Waals surface area contributed by atoms with E-state index in [0.29, 0.717) is 25.6 Å². The van der Waals surface area contributed by atoms with Gasteiger partial charge in [0.25, 0.3) is 0 Å². The van der Waals surface area contributed by atoms with E-state index >= 15 is 0 Å². The number of amides is 1. The number of nitrogens with one attached hydrogen (secondary N) is 1. The maximum atomic E-state index is 12.8. The van der Waals surface area contributed by atoms with Gasteiger partial charge in [-0.25, -0.2) is 4.98 Å². The minimum Gasteiger partial charge on any atom is -0.481 e. The van der Waals surface area contributed by atoms with Crippen LogP contribution in [0.15, 0.2) is 30.3 Å². The number of methoxy groups -OCH3 is 1. The fourth-order valence-corrected chi connectivity index (χ4v) is 3.28. The summed E-state index contributed by atoms with van der Waals surface area (Å²) in [5.41, 5.74) is 1.86. The predicted octanol–water partition coefficient (Wildman–Crippen LogP) is 2.36. The Morgan fingerprint density at radius 3 is 3.08 bits per heavy atom. The number of ether oxygens (including phenoxy) is 2. The molecule has 0 aliphatic carbocycles. The Hall–Kier alpha value is -2.18. The van der Waals surface area contributed by atoms with E-state index in [1.807, 2.05) is 30.3 Å². The highest BCUT2D eigenvalue weighted by Crippen LogP contribution is 2.22. The van der Waals surface area contributed by atoms with Crippen LogP contribution in [0.5, 0.6) is 5.88 Å². The molecule has 1 atom stereocenters. The van der Waals surface area contributed by atoms with Gasteiger partial charge >= 0.3 is 0 Å². The van der Waals surface area contributed by atoms with Gasteiger partial charge in [0.15, 0.2) is 0 Å². The normalized spacial score (nSPS) is 18.0. The molecule has 26 heavy (non-hydrogen) atoms. The number of carbonyl (C=O) groups excluding carboxylic acids is 1. The molecule has 1 saturated heterocycles. The molecule has 1 aromatic carbocycles. The predicted molar refractivity (Wildman–Crippen MR) is 101 cm³/mol. The summed E-state index contributed by atoms with van der Waals surface area (Å²) in [6.45, 7) is 5.50.